The van der Waals surface area contributed by atoms with Crippen molar-refractivity contribution in [1.29, 1.82) is 0 Å². The Morgan fingerprint density at radius 1 is 0.955 bits per heavy atom. The van der Waals surface area contributed by atoms with Gasteiger partial charge in [0.1, 0.15) is 17.2 Å². The van der Waals surface area contributed by atoms with Gasteiger partial charge in [-0.05, 0) is 50.6 Å². The van der Waals surface area contributed by atoms with E-state index in [9.17, 15) is 23.2 Å². The predicted octanol–water partition coefficient (Wildman–Crippen LogP) is 7.16. The van der Waals surface area contributed by atoms with E-state index in [-0.39, 0.29) is 24.0 Å². The first-order chi connectivity index (χ1) is 21.1. The summed E-state index contributed by atoms with van der Waals surface area (Å²) < 4.78 is 40.0. The Hall–Kier alpha value is -2.64. The summed E-state index contributed by atoms with van der Waals surface area (Å²) in [5.74, 6) is -0.787. The van der Waals surface area contributed by atoms with E-state index in [0.29, 0.717) is 39.6 Å². The fourth-order valence-corrected chi connectivity index (χ4v) is 8.92. The largest absolute Gasteiger partial charge is 0.456 e. The van der Waals surface area contributed by atoms with Crippen LogP contribution in [-0.2, 0) is 23.2 Å². The highest BCUT2D eigenvalue weighted by Gasteiger charge is 2.46. The van der Waals surface area contributed by atoms with Crippen LogP contribution in [0.1, 0.15) is 91.4 Å². The summed E-state index contributed by atoms with van der Waals surface area (Å²) in [6.07, 6.45) is 12.6. The number of nitrogens with zero attached hydrogens (tertiary/aromatic N) is 1. The first-order valence-corrected chi connectivity index (χ1v) is 18.4. The average molecular weight is 648 g/mol. The maximum Gasteiger partial charge on any atom is 0.264 e. The number of hydrogen-bond acceptors (Lipinski definition) is 9. The first-order valence-electron chi connectivity index (χ1n) is 15.6. The molecule has 10 nitrogen and oxygen atoms in total. The van der Waals surface area contributed by atoms with Gasteiger partial charge < -0.3 is 14.5 Å². The molecule has 2 heterocycles. The number of anilines is 1. The SMILES string of the molecule is CCCCCCCCCCCCC(=O)Nc1ccc2c(c1)oc1ccc(S(=O)(=O)SN3CCOC(C)(C)C3C(=O)NO)cc12. The Bertz CT molecular complexity index is 1540. The van der Waals surface area contributed by atoms with Crippen molar-refractivity contribution in [2.24, 2.45) is 0 Å². The minimum absolute atomic E-state index is 0.0371. The highest BCUT2D eigenvalue weighted by atomic mass is 33.1. The number of carbonyl (C=O) groups is 2. The van der Waals surface area contributed by atoms with Crippen LogP contribution in [0.25, 0.3) is 21.9 Å². The van der Waals surface area contributed by atoms with Gasteiger partial charge in [0, 0.05) is 35.5 Å². The van der Waals surface area contributed by atoms with E-state index in [1.807, 2.05) is 6.07 Å². The van der Waals surface area contributed by atoms with Gasteiger partial charge in [-0.25, -0.2) is 18.2 Å². The topological polar surface area (TPSA) is 138 Å². The molecule has 2 amide bonds. The molecule has 1 aliphatic rings. The summed E-state index contributed by atoms with van der Waals surface area (Å²) in [7, 11) is -3.40. The molecule has 2 aromatic carbocycles. The number of nitrogens with one attached hydrogen (secondary N) is 2. The summed E-state index contributed by atoms with van der Waals surface area (Å²) >= 11 is 0. The number of ether oxygens (including phenoxy) is 1. The summed E-state index contributed by atoms with van der Waals surface area (Å²) in [6.45, 7) is 5.98. The lowest BCUT2D eigenvalue weighted by atomic mass is 9.96. The molecule has 0 bridgehead atoms. The molecule has 1 aliphatic heterocycles. The van der Waals surface area contributed by atoms with Gasteiger partial charge in [0.15, 0.2) is 0 Å². The molecule has 12 heteroatoms. The highest BCUT2D eigenvalue weighted by molar-refractivity contribution is 8.71. The number of rotatable bonds is 16. The van der Waals surface area contributed by atoms with Crippen LogP contribution in [0.4, 0.5) is 5.69 Å². The lowest BCUT2D eigenvalue weighted by Gasteiger charge is -2.43. The second kappa shape index (κ2) is 15.6. The van der Waals surface area contributed by atoms with Crippen LogP contribution in [0.5, 0.6) is 0 Å². The number of benzene rings is 2. The molecule has 1 atom stereocenters. The first kappa shape index (κ1) is 34.2. The molecule has 0 aliphatic carbocycles. The van der Waals surface area contributed by atoms with Crippen LogP contribution in [-0.4, -0.2) is 54.5 Å². The van der Waals surface area contributed by atoms with Gasteiger partial charge in [0.05, 0.1) is 28.1 Å². The Morgan fingerprint density at radius 2 is 1.64 bits per heavy atom. The number of hydroxylamine groups is 1. The Labute approximate surface area is 263 Å². The molecule has 1 saturated heterocycles. The van der Waals surface area contributed by atoms with Crippen molar-refractivity contribution in [2.45, 2.75) is 108 Å². The van der Waals surface area contributed by atoms with Crippen LogP contribution in [0.3, 0.4) is 0 Å². The molecule has 0 saturated carbocycles. The fourth-order valence-electron chi connectivity index (χ4n) is 5.70. The van der Waals surface area contributed by atoms with Gasteiger partial charge >= 0.3 is 0 Å². The predicted molar refractivity (Wildman–Crippen MR) is 174 cm³/mol. The van der Waals surface area contributed by atoms with Gasteiger partial charge in [0.2, 0.25) is 14.8 Å². The quantitative estimate of drug-likeness (QED) is 0.0486. The van der Waals surface area contributed by atoms with E-state index >= 15 is 0 Å². The molecule has 1 unspecified atom stereocenters. The van der Waals surface area contributed by atoms with Gasteiger partial charge in [-0.1, -0.05) is 64.7 Å². The van der Waals surface area contributed by atoms with E-state index in [4.69, 9.17) is 9.15 Å². The lowest BCUT2D eigenvalue weighted by Crippen LogP contribution is -2.60. The van der Waals surface area contributed by atoms with Gasteiger partial charge in [-0.2, -0.15) is 0 Å². The van der Waals surface area contributed by atoms with Crippen LogP contribution in [0, 0.1) is 0 Å². The zero-order valence-corrected chi connectivity index (χ0v) is 27.5. The number of morpholine rings is 1. The molecular weight excluding hydrogens is 603 g/mol. The minimum Gasteiger partial charge on any atom is -0.456 e. The van der Waals surface area contributed by atoms with Crippen molar-refractivity contribution in [1.82, 2.24) is 9.79 Å². The van der Waals surface area contributed by atoms with Crippen molar-refractivity contribution < 1.29 is 32.4 Å². The fraction of sp³-hybridized carbons (Fsp3) is 0.562. The molecule has 1 fully saturated rings. The molecule has 4 rings (SSSR count). The third-order valence-corrected chi connectivity index (χ3v) is 11.4. The third kappa shape index (κ3) is 8.75. The van der Waals surface area contributed by atoms with Crippen molar-refractivity contribution >= 4 is 59.3 Å². The van der Waals surface area contributed by atoms with Gasteiger partial charge in [-0.15, -0.1) is 0 Å². The zero-order valence-electron chi connectivity index (χ0n) is 25.9. The number of furan rings is 1. The van der Waals surface area contributed by atoms with Crippen molar-refractivity contribution in [3.8, 4) is 0 Å². The van der Waals surface area contributed by atoms with Gasteiger partial charge in [0.25, 0.3) is 5.91 Å². The van der Waals surface area contributed by atoms with E-state index in [1.54, 1.807) is 43.6 Å². The number of fused-ring (bicyclic) bond motifs is 3. The molecule has 44 heavy (non-hydrogen) atoms. The summed E-state index contributed by atoms with van der Waals surface area (Å²) in [5.41, 5.74) is 2.28. The Balaban J connectivity index is 1.36. The maximum atomic E-state index is 13.5. The van der Waals surface area contributed by atoms with E-state index in [1.165, 1.54) is 55.3 Å². The summed E-state index contributed by atoms with van der Waals surface area (Å²) in [6, 6.07) is 8.95. The number of carbonyl (C=O) groups excluding carboxylic acids is 2. The summed E-state index contributed by atoms with van der Waals surface area (Å²) in [4.78, 5) is 25.0. The maximum absolute atomic E-state index is 13.5. The molecule has 3 N–H and O–H groups in total. The van der Waals surface area contributed by atoms with E-state index in [2.05, 4.69) is 12.2 Å². The zero-order chi connectivity index (χ0) is 31.7. The third-order valence-electron chi connectivity index (χ3n) is 8.06. The smallest absolute Gasteiger partial charge is 0.264 e. The molecule has 1 aromatic heterocycles. The Morgan fingerprint density at radius 3 is 2.32 bits per heavy atom. The molecule has 242 valence electrons. The number of hydrogen-bond donors (Lipinski definition) is 3. The lowest BCUT2D eigenvalue weighted by molar-refractivity contribution is -0.153. The van der Waals surface area contributed by atoms with Crippen molar-refractivity contribution in [3.63, 3.8) is 0 Å². The number of unbranched alkanes of at least 4 members (excludes halogenated alkanes) is 9. The second-order valence-electron chi connectivity index (χ2n) is 12.0. The van der Waals surface area contributed by atoms with Gasteiger partial charge in [-0.3, -0.25) is 14.8 Å². The van der Waals surface area contributed by atoms with Crippen molar-refractivity contribution in [2.75, 3.05) is 18.5 Å². The van der Waals surface area contributed by atoms with Crippen LogP contribution >= 0.6 is 11.0 Å². The second-order valence-corrected chi connectivity index (χ2v) is 15.7. The molecular formula is C32H45N3O7S2. The Kier molecular flexibility index (Phi) is 12.1. The monoisotopic (exact) mass is 647 g/mol. The van der Waals surface area contributed by atoms with Crippen LogP contribution < -0.4 is 10.8 Å². The normalized spacial score (nSPS) is 17.2. The highest BCUT2D eigenvalue weighted by Crippen LogP contribution is 2.38. The van der Waals surface area contributed by atoms with Crippen molar-refractivity contribution in [3.05, 3.63) is 36.4 Å². The van der Waals surface area contributed by atoms with E-state index < -0.39 is 26.4 Å². The van der Waals surface area contributed by atoms with Crippen LogP contribution in [0.2, 0.25) is 0 Å². The number of amides is 2. The average Bonchev–Trinajstić information content (AvgIpc) is 3.34. The molecule has 3 aromatic rings. The standard InChI is InChI=1S/C32H45N3O7S2/c1-4-5-6-7-8-9-10-11-12-13-14-29(36)33-23-15-17-25-26-22-24(16-18-27(26)42-28(25)21-23)44(39,40)43-35-19-20-41-32(2,3)30(35)31(37)34-38/h15-18,21-22,30,38H,4-14,19-20H2,1-3H3,(H,33,36)(H,34,37). The van der Waals surface area contributed by atoms with E-state index in [0.717, 1.165) is 24.6 Å². The molecule has 0 spiro atoms. The minimum atomic E-state index is -3.94. The molecule has 0 radical (unpaired) electrons. The summed E-state index contributed by atoms with van der Waals surface area (Å²) in [5, 5.41) is 13.5. The van der Waals surface area contributed by atoms with Crippen LogP contribution in [0.15, 0.2) is 45.7 Å².